The lowest BCUT2D eigenvalue weighted by Gasteiger charge is -2.20. The lowest BCUT2D eigenvalue weighted by molar-refractivity contribution is -0.138. The maximum absolute atomic E-state index is 12.1. The first-order chi connectivity index (χ1) is 11.0. The molecule has 1 saturated heterocycles. The molecule has 1 atom stereocenters. The minimum absolute atomic E-state index is 0.231. The molecule has 2 rings (SSSR count). The summed E-state index contributed by atoms with van der Waals surface area (Å²) in [6, 6.07) is 8.33. The van der Waals surface area contributed by atoms with E-state index in [1.807, 2.05) is 0 Å². The Balaban J connectivity index is 1.77. The van der Waals surface area contributed by atoms with Crippen LogP contribution in [0.4, 0.5) is 0 Å². The van der Waals surface area contributed by atoms with Crippen LogP contribution >= 0.6 is 0 Å². The first-order valence-electron chi connectivity index (χ1n) is 7.96. The Morgan fingerprint density at radius 2 is 1.96 bits per heavy atom. The van der Waals surface area contributed by atoms with Crippen molar-refractivity contribution < 1.29 is 18.3 Å². The van der Waals surface area contributed by atoms with Crippen LogP contribution in [0.25, 0.3) is 0 Å². The molecule has 0 spiro atoms. The van der Waals surface area contributed by atoms with Crippen LogP contribution in [0.5, 0.6) is 0 Å². The van der Waals surface area contributed by atoms with Gasteiger partial charge in [-0.05, 0) is 50.4 Å². The van der Waals surface area contributed by atoms with Crippen LogP contribution in [0.3, 0.4) is 0 Å². The molecule has 0 aliphatic carbocycles. The third-order valence-corrected chi connectivity index (χ3v) is 5.65. The van der Waals surface area contributed by atoms with Crippen molar-refractivity contribution in [2.75, 3.05) is 26.2 Å². The van der Waals surface area contributed by atoms with Gasteiger partial charge in [0.2, 0.25) is 10.0 Å². The number of carbonyl (C=O) groups is 1. The van der Waals surface area contributed by atoms with Crippen molar-refractivity contribution in [3.8, 4) is 0 Å². The van der Waals surface area contributed by atoms with Gasteiger partial charge < -0.3 is 10.0 Å². The summed E-state index contributed by atoms with van der Waals surface area (Å²) in [5.41, 5.74) is 0. The fourth-order valence-electron chi connectivity index (χ4n) is 2.92. The van der Waals surface area contributed by atoms with Crippen molar-refractivity contribution in [1.29, 1.82) is 0 Å². The van der Waals surface area contributed by atoms with E-state index in [0.29, 0.717) is 13.1 Å². The summed E-state index contributed by atoms with van der Waals surface area (Å²) >= 11 is 0. The lowest BCUT2D eigenvalue weighted by atomic mass is 9.97. The Labute approximate surface area is 137 Å². The van der Waals surface area contributed by atoms with E-state index in [4.69, 9.17) is 5.11 Å². The molecule has 0 aromatic heterocycles. The molecule has 7 heteroatoms. The van der Waals surface area contributed by atoms with Crippen LogP contribution in [0.1, 0.15) is 25.7 Å². The number of aliphatic carboxylic acids is 1. The summed E-state index contributed by atoms with van der Waals surface area (Å²) in [6.45, 7) is 2.72. The summed E-state index contributed by atoms with van der Waals surface area (Å²) in [6.07, 6.45) is 2.98. The second-order valence-corrected chi connectivity index (χ2v) is 7.71. The topological polar surface area (TPSA) is 86.7 Å². The number of sulfonamides is 1. The Bertz CT molecular complexity index is 604. The molecule has 0 bridgehead atoms. The zero-order valence-corrected chi connectivity index (χ0v) is 14.0. The molecule has 1 aromatic carbocycles. The predicted octanol–water partition coefficient (Wildman–Crippen LogP) is 1.54. The number of carboxylic acid groups (broad SMARTS) is 1. The second-order valence-electron chi connectivity index (χ2n) is 5.95. The van der Waals surface area contributed by atoms with Crippen molar-refractivity contribution in [3.63, 3.8) is 0 Å². The van der Waals surface area contributed by atoms with Gasteiger partial charge in [0.25, 0.3) is 0 Å². The van der Waals surface area contributed by atoms with Crippen molar-refractivity contribution in [1.82, 2.24) is 9.62 Å². The van der Waals surface area contributed by atoms with Crippen LogP contribution in [0, 0.1) is 5.92 Å². The summed E-state index contributed by atoms with van der Waals surface area (Å²) in [5, 5.41) is 8.87. The van der Waals surface area contributed by atoms with E-state index in [2.05, 4.69) is 9.62 Å². The highest BCUT2D eigenvalue weighted by Gasteiger charge is 2.19. The number of rotatable bonds is 7. The monoisotopic (exact) mass is 340 g/mol. The number of likely N-dealkylation sites (tertiary alicyclic amines) is 1. The maximum Gasteiger partial charge on any atom is 0.303 e. The molecule has 0 radical (unpaired) electrons. The van der Waals surface area contributed by atoms with Gasteiger partial charge in [0.15, 0.2) is 0 Å². The average molecular weight is 340 g/mol. The Hall–Kier alpha value is -1.44. The molecule has 1 heterocycles. The van der Waals surface area contributed by atoms with Gasteiger partial charge in [-0.3, -0.25) is 4.79 Å². The highest BCUT2D eigenvalue weighted by molar-refractivity contribution is 7.89. The standard InChI is InChI=1S/C16H24N2O4S/c19-16(20)13-14-5-4-10-18(11-8-14)12-9-17-23(21,22)15-6-2-1-3-7-15/h1-3,6-7,14,17H,4-5,8-13H2,(H,19,20). The Morgan fingerprint density at radius 3 is 2.65 bits per heavy atom. The predicted molar refractivity (Wildman–Crippen MR) is 87.7 cm³/mol. The molecule has 23 heavy (non-hydrogen) atoms. The first-order valence-corrected chi connectivity index (χ1v) is 9.44. The number of hydrogen-bond donors (Lipinski definition) is 2. The molecule has 6 nitrogen and oxygen atoms in total. The molecule has 1 unspecified atom stereocenters. The zero-order valence-electron chi connectivity index (χ0n) is 13.1. The zero-order chi connectivity index (χ0) is 16.7. The SMILES string of the molecule is O=C(O)CC1CCCN(CCNS(=O)(=O)c2ccccc2)CC1. The summed E-state index contributed by atoms with van der Waals surface area (Å²) < 4.78 is 26.9. The van der Waals surface area contributed by atoms with E-state index in [-0.39, 0.29) is 17.2 Å². The molecular weight excluding hydrogens is 316 g/mol. The molecule has 0 saturated carbocycles. The highest BCUT2D eigenvalue weighted by Crippen LogP contribution is 2.20. The molecule has 128 valence electrons. The fourth-order valence-corrected chi connectivity index (χ4v) is 3.96. The molecule has 1 aliphatic rings. The van der Waals surface area contributed by atoms with Gasteiger partial charge in [0.05, 0.1) is 4.90 Å². The van der Waals surface area contributed by atoms with Crippen molar-refractivity contribution >= 4 is 16.0 Å². The quantitative estimate of drug-likeness (QED) is 0.786. The molecule has 0 amide bonds. The lowest BCUT2D eigenvalue weighted by Crippen LogP contribution is -2.35. The number of benzene rings is 1. The van der Waals surface area contributed by atoms with E-state index in [0.717, 1.165) is 32.4 Å². The summed E-state index contributed by atoms with van der Waals surface area (Å²) in [5.74, 6) is -0.502. The maximum atomic E-state index is 12.1. The number of carboxylic acids is 1. The van der Waals surface area contributed by atoms with E-state index < -0.39 is 16.0 Å². The van der Waals surface area contributed by atoms with E-state index in [9.17, 15) is 13.2 Å². The summed E-state index contributed by atoms with van der Waals surface area (Å²) in [7, 11) is -3.45. The third kappa shape index (κ3) is 5.93. The molecule has 2 N–H and O–H groups in total. The van der Waals surface area contributed by atoms with Gasteiger partial charge in [-0.25, -0.2) is 13.1 Å². The minimum atomic E-state index is -3.45. The number of hydrogen-bond acceptors (Lipinski definition) is 4. The van der Waals surface area contributed by atoms with Crippen molar-refractivity contribution in [2.45, 2.75) is 30.6 Å². The number of nitrogens with zero attached hydrogens (tertiary/aromatic N) is 1. The van der Waals surface area contributed by atoms with Crippen LogP contribution in [-0.4, -0.2) is 50.6 Å². The molecular formula is C16H24N2O4S. The molecule has 1 aliphatic heterocycles. The van der Waals surface area contributed by atoms with Crippen LogP contribution in [0.2, 0.25) is 0 Å². The van der Waals surface area contributed by atoms with Crippen LogP contribution in [0.15, 0.2) is 35.2 Å². The third-order valence-electron chi connectivity index (χ3n) is 4.18. The van der Waals surface area contributed by atoms with E-state index in [1.54, 1.807) is 30.3 Å². The Morgan fingerprint density at radius 1 is 1.22 bits per heavy atom. The van der Waals surface area contributed by atoms with Crippen LogP contribution in [-0.2, 0) is 14.8 Å². The largest absolute Gasteiger partial charge is 0.481 e. The van der Waals surface area contributed by atoms with Gasteiger partial charge in [-0.1, -0.05) is 18.2 Å². The smallest absolute Gasteiger partial charge is 0.303 e. The van der Waals surface area contributed by atoms with E-state index in [1.165, 1.54) is 0 Å². The first kappa shape index (κ1) is 17.9. The van der Waals surface area contributed by atoms with Gasteiger partial charge in [-0.2, -0.15) is 0 Å². The van der Waals surface area contributed by atoms with Gasteiger partial charge in [-0.15, -0.1) is 0 Å². The van der Waals surface area contributed by atoms with Gasteiger partial charge in [0.1, 0.15) is 0 Å². The molecule has 1 fully saturated rings. The highest BCUT2D eigenvalue weighted by atomic mass is 32.2. The summed E-state index contributed by atoms with van der Waals surface area (Å²) in [4.78, 5) is 13.3. The molecule has 1 aromatic rings. The second kappa shape index (κ2) is 8.42. The van der Waals surface area contributed by atoms with Crippen LogP contribution < -0.4 is 4.72 Å². The Kier molecular flexibility index (Phi) is 6.56. The average Bonchev–Trinajstić information content (AvgIpc) is 2.73. The number of nitrogens with one attached hydrogen (secondary N) is 1. The van der Waals surface area contributed by atoms with Gasteiger partial charge >= 0.3 is 5.97 Å². The fraction of sp³-hybridized carbons (Fsp3) is 0.562. The van der Waals surface area contributed by atoms with Gasteiger partial charge in [0, 0.05) is 19.5 Å². The van der Waals surface area contributed by atoms with E-state index >= 15 is 0 Å². The normalized spacial score (nSPS) is 20.1. The van der Waals surface area contributed by atoms with Crippen molar-refractivity contribution in [3.05, 3.63) is 30.3 Å². The van der Waals surface area contributed by atoms with Crippen molar-refractivity contribution in [2.24, 2.45) is 5.92 Å². The minimum Gasteiger partial charge on any atom is -0.481 e.